The molecule has 2 aromatic carbocycles. The maximum atomic E-state index is 13.3. The first-order valence-electron chi connectivity index (χ1n) is 9.89. The molecule has 1 aliphatic rings. The predicted molar refractivity (Wildman–Crippen MR) is 112 cm³/mol. The van der Waals surface area contributed by atoms with E-state index in [1.54, 1.807) is 19.2 Å². The molecule has 1 N–H and O–H groups in total. The molecule has 0 spiro atoms. The summed E-state index contributed by atoms with van der Waals surface area (Å²) in [6.07, 6.45) is 3.54. The van der Waals surface area contributed by atoms with E-state index in [1.807, 2.05) is 30.9 Å². The van der Waals surface area contributed by atoms with E-state index in [9.17, 15) is 9.90 Å². The van der Waals surface area contributed by atoms with Crippen molar-refractivity contribution >= 4 is 17.5 Å². The van der Waals surface area contributed by atoms with Crippen molar-refractivity contribution in [3.8, 4) is 11.5 Å². The van der Waals surface area contributed by atoms with Crippen LogP contribution in [0.1, 0.15) is 49.4 Å². The highest BCUT2D eigenvalue weighted by atomic mass is 35.5. The Labute approximate surface area is 172 Å². The summed E-state index contributed by atoms with van der Waals surface area (Å²) in [5.41, 5.74) is 3.31. The lowest BCUT2D eigenvalue weighted by molar-refractivity contribution is -0.137. The molecule has 0 bridgehead atoms. The third-order valence-electron chi connectivity index (χ3n) is 5.64. The lowest BCUT2D eigenvalue weighted by Crippen LogP contribution is -2.40. The van der Waals surface area contributed by atoms with Gasteiger partial charge in [0.05, 0.1) is 13.2 Å². The summed E-state index contributed by atoms with van der Waals surface area (Å²) >= 11 is 6.24. The van der Waals surface area contributed by atoms with Gasteiger partial charge in [0.25, 0.3) is 0 Å². The second-order valence-corrected chi connectivity index (χ2v) is 7.85. The summed E-state index contributed by atoms with van der Waals surface area (Å²) in [5, 5.41) is 10.0. The Bertz CT molecular complexity index is 852. The van der Waals surface area contributed by atoms with E-state index in [0.29, 0.717) is 18.0 Å². The Morgan fingerprint density at radius 3 is 2.82 bits per heavy atom. The number of aromatic hydroxyl groups is 1. The van der Waals surface area contributed by atoms with Gasteiger partial charge in [-0.3, -0.25) is 4.79 Å². The predicted octanol–water partition coefficient (Wildman–Crippen LogP) is 5.16. The third kappa shape index (κ3) is 4.12. The monoisotopic (exact) mass is 401 g/mol. The average molecular weight is 402 g/mol. The van der Waals surface area contributed by atoms with Crippen molar-refractivity contribution in [2.75, 3.05) is 13.7 Å². The van der Waals surface area contributed by atoms with Gasteiger partial charge in [0.1, 0.15) is 11.5 Å². The van der Waals surface area contributed by atoms with Crippen LogP contribution in [-0.4, -0.2) is 29.6 Å². The van der Waals surface area contributed by atoms with E-state index < -0.39 is 0 Å². The second kappa shape index (κ2) is 8.87. The Morgan fingerprint density at radius 1 is 1.36 bits per heavy atom. The zero-order valence-electron chi connectivity index (χ0n) is 16.7. The Hall–Kier alpha value is -2.20. The minimum atomic E-state index is -0.196. The zero-order valence-corrected chi connectivity index (χ0v) is 17.5. The van der Waals surface area contributed by atoms with Gasteiger partial charge in [0.15, 0.2) is 0 Å². The number of nitrogens with zero attached hydrogens (tertiary/aromatic N) is 1. The molecule has 2 unspecified atom stereocenters. The van der Waals surface area contributed by atoms with Crippen LogP contribution in [0.15, 0.2) is 36.4 Å². The number of hydrogen-bond donors (Lipinski definition) is 1. The molecular weight excluding hydrogens is 374 g/mol. The first-order valence-corrected chi connectivity index (χ1v) is 10.3. The minimum Gasteiger partial charge on any atom is -0.508 e. The van der Waals surface area contributed by atoms with E-state index in [2.05, 4.69) is 6.07 Å². The molecule has 4 nitrogen and oxygen atoms in total. The van der Waals surface area contributed by atoms with Crippen LogP contribution in [0.2, 0.25) is 5.02 Å². The van der Waals surface area contributed by atoms with Crippen LogP contribution in [0.3, 0.4) is 0 Å². The van der Waals surface area contributed by atoms with Crippen LogP contribution in [0.25, 0.3) is 0 Å². The van der Waals surface area contributed by atoms with Crippen molar-refractivity contribution in [3.63, 3.8) is 0 Å². The number of phenols is 1. The summed E-state index contributed by atoms with van der Waals surface area (Å²) in [5.74, 6) is 0.982. The minimum absolute atomic E-state index is 0.0779. The molecule has 3 rings (SSSR count). The first-order chi connectivity index (χ1) is 13.5. The van der Waals surface area contributed by atoms with Crippen LogP contribution in [0.5, 0.6) is 11.5 Å². The molecular formula is C23H28ClNO3. The Morgan fingerprint density at radius 2 is 2.14 bits per heavy atom. The fraction of sp³-hybridized carbons (Fsp3) is 0.435. The van der Waals surface area contributed by atoms with Crippen LogP contribution < -0.4 is 4.74 Å². The van der Waals surface area contributed by atoms with E-state index in [1.165, 1.54) is 17.2 Å². The van der Waals surface area contributed by atoms with E-state index >= 15 is 0 Å². The van der Waals surface area contributed by atoms with Crippen LogP contribution >= 0.6 is 11.6 Å². The molecule has 5 heteroatoms. The topological polar surface area (TPSA) is 49.8 Å². The quantitative estimate of drug-likeness (QED) is 0.727. The standard InChI is InChI=1S/C23H28ClNO3/c1-4-25(21-9-5-8-19-18(21)7-6-10-22(19)28-3)23(27)15(2)13-16-11-12-17(26)14-20(16)24/h6-7,10-12,14-15,21,26H,4-5,8-9,13H2,1-3H3. The Kier molecular flexibility index (Phi) is 6.50. The average Bonchev–Trinajstić information content (AvgIpc) is 2.70. The molecule has 0 fully saturated rings. The molecule has 0 aromatic heterocycles. The molecule has 28 heavy (non-hydrogen) atoms. The molecule has 150 valence electrons. The van der Waals surface area contributed by atoms with Crippen molar-refractivity contribution in [2.24, 2.45) is 5.92 Å². The molecule has 0 aliphatic heterocycles. The number of benzene rings is 2. The van der Waals surface area contributed by atoms with Gasteiger partial charge in [-0.15, -0.1) is 0 Å². The number of fused-ring (bicyclic) bond motifs is 1. The SMILES string of the molecule is CCN(C(=O)C(C)Cc1ccc(O)cc1Cl)C1CCCc2c(OC)cccc21. The number of methoxy groups -OCH3 is 1. The number of amides is 1. The number of halogens is 1. The van der Waals surface area contributed by atoms with E-state index in [-0.39, 0.29) is 23.6 Å². The lowest BCUT2D eigenvalue weighted by Gasteiger charge is -2.37. The fourth-order valence-electron chi connectivity index (χ4n) is 4.24. The van der Waals surface area contributed by atoms with Gasteiger partial charge in [-0.25, -0.2) is 0 Å². The molecule has 0 saturated heterocycles. The summed E-state index contributed by atoms with van der Waals surface area (Å²) in [6, 6.07) is 11.1. The highest BCUT2D eigenvalue weighted by Crippen LogP contribution is 2.39. The first kappa shape index (κ1) is 20.5. The fourth-order valence-corrected chi connectivity index (χ4v) is 4.49. The normalized spacial score (nSPS) is 16.9. The van der Waals surface area contributed by atoms with Crippen molar-refractivity contribution < 1.29 is 14.6 Å². The van der Waals surface area contributed by atoms with Crippen LogP contribution in [0.4, 0.5) is 0 Å². The molecule has 2 atom stereocenters. The van der Waals surface area contributed by atoms with Crippen molar-refractivity contribution in [1.82, 2.24) is 4.90 Å². The van der Waals surface area contributed by atoms with Gasteiger partial charge in [-0.05, 0) is 67.5 Å². The number of carbonyl (C=O) groups is 1. The van der Waals surface area contributed by atoms with Gasteiger partial charge in [-0.1, -0.05) is 36.7 Å². The van der Waals surface area contributed by atoms with Crippen molar-refractivity contribution in [1.29, 1.82) is 0 Å². The molecule has 2 aromatic rings. The molecule has 0 radical (unpaired) electrons. The highest BCUT2D eigenvalue weighted by molar-refractivity contribution is 6.31. The number of rotatable bonds is 6. The van der Waals surface area contributed by atoms with Gasteiger partial charge < -0.3 is 14.7 Å². The van der Waals surface area contributed by atoms with Gasteiger partial charge in [0, 0.05) is 17.5 Å². The highest BCUT2D eigenvalue weighted by Gasteiger charge is 2.31. The second-order valence-electron chi connectivity index (χ2n) is 7.44. The van der Waals surface area contributed by atoms with Crippen LogP contribution in [0, 0.1) is 5.92 Å². The Balaban J connectivity index is 1.83. The third-order valence-corrected chi connectivity index (χ3v) is 5.99. The largest absolute Gasteiger partial charge is 0.508 e. The lowest BCUT2D eigenvalue weighted by atomic mass is 9.85. The maximum absolute atomic E-state index is 13.3. The van der Waals surface area contributed by atoms with Gasteiger partial charge in [-0.2, -0.15) is 0 Å². The summed E-state index contributed by atoms with van der Waals surface area (Å²) in [6.45, 7) is 4.64. The summed E-state index contributed by atoms with van der Waals surface area (Å²) < 4.78 is 5.55. The number of ether oxygens (including phenoxy) is 1. The molecule has 0 saturated carbocycles. The van der Waals surface area contributed by atoms with Crippen molar-refractivity contribution in [3.05, 3.63) is 58.1 Å². The van der Waals surface area contributed by atoms with E-state index in [4.69, 9.17) is 16.3 Å². The van der Waals surface area contributed by atoms with Crippen LogP contribution in [-0.2, 0) is 17.6 Å². The summed E-state index contributed by atoms with van der Waals surface area (Å²) in [4.78, 5) is 15.3. The number of phenolic OH excluding ortho intramolecular Hbond substituents is 1. The van der Waals surface area contributed by atoms with Crippen molar-refractivity contribution in [2.45, 2.75) is 45.6 Å². The summed E-state index contributed by atoms with van der Waals surface area (Å²) in [7, 11) is 1.70. The molecule has 1 amide bonds. The van der Waals surface area contributed by atoms with E-state index in [0.717, 1.165) is 30.6 Å². The smallest absolute Gasteiger partial charge is 0.226 e. The number of hydrogen-bond acceptors (Lipinski definition) is 3. The molecule has 0 heterocycles. The number of carbonyl (C=O) groups excluding carboxylic acids is 1. The van der Waals surface area contributed by atoms with Gasteiger partial charge in [0.2, 0.25) is 5.91 Å². The molecule has 1 aliphatic carbocycles. The maximum Gasteiger partial charge on any atom is 0.226 e. The zero-order chi connectivity index (χ0) is 20.3. The van der Waals surface area contributed by atoms with Gasteiger partial charge >= 0.3 is 0 Å².